The molecule has 1 unspecified atom stereocenters. The SMILES string of the molecule is Cc1c(Cl)cccc1Nc1nc(=O)c2c(ncn2CC(C)O)n1Cc1ccccc1. The monoisotopic (exact) mass is 423 g/mol. The van der Waals surface area contributed by atoms with Gasteiger partial charge in [-0.05, 0) is 37.1 Å². The zero-order valence-corrected chi connectivity index (χ0v) is 17.5. The molecule has 154 valence electrons. The summed E-state index contributed by atoms with van der Waals surface area (Å²) in [6.07, 6.45) is 0.951. The number of fused-ring (bicyclic) bond motifs is 1. The van der Waals surface area contributed by atoms with Gasteiger partial charge in [0, 0.05) is 10.7 Å². The van der Waals surface area contributed by atoms with E-state index < -0.39 is 11.7 Å². The molecule has 2 heterocycles. The standard InChI is InChI=1S/C22H22ClN5O2/c1-14(29)11-27-13-24-20-19(27)21(30)26-22(25-18-10-6-9-17(23)15(18)2)28(20)12-16-7-4-3-5-8-16/h3-10,13-14,29H,11-12H2,1-2H3,(H,25,26,30). The van der Waals surface area contributed by atoms with Crippen LogP contribution in [0.5, 0.6) is 0 Å². The number of rotatable bonds is 6. The Bertz CT molecular complexity index is 1250. The second kappa shape index (κ2) is 8.30. The summed E-state index contributed by atoms with van der Waals surface area (Å²) in [4.78, 5) is 21.7. The average molecular weight is 424 g/mol. The van der Waals surface area contributed by atoms with E-state index in [-0.39, 0.29) is 6.54 Å². The number of nitrogens with zero attached hydrogens (tertiary/aromatic N) is 4. The minimum absolute atomic E-state index is 0.263. The van der Waals surface area contributed by atoms with Gasteiger partial charge in [0.15, 0.2) is 11.2 Å². The molecule has 2 aromatic heterocycles. The van der Waals surface area contributed by atoms with Crippen molar-refractivity contribution < 1.29 is 5.11 Å². The molecule has 30 heavy (non-hydrogen) atoms. The Morgan fingerprint density at radius 1 is 1.17 bits per heavy atom. The van der Waals surface area contributed by atoms with Crippen LogP contribution in [0, 0.1) is 6.92 Å². The van der Waals surface area contributed by atoms with Crippen molar-refractivity contribution in [1.29, 1.82) is 0 Å². The van der Waals surface area contributed by atoms with Crippen molar-refractivity contribution >= 4 is 34.4 Å². The third kappa shape index (κ3) is 3.94. The summed E-state index contributed by atoms with van der Waals surface area (Å²) in [6.45, 7) is 4.30. The molecule has 8 heteroatoms. The van der Waals surface area contributed by atoms with Gasteiger partial charge >= 0.3 is 5.56 Å². The Labute approximate surface area is 178 Å². The number of aromatic nitrogens is 4. The third-order valence-corrected chi connectivity index (χ3v) is 5.31. The predicted molar refractivity (Wildman–Crippen MR) is 118 cm³/mol. The molecule has 7 nitrogen and oxygen atoms in total. The van der Waals surface area contributed by atoms with E-state index in [0.29, 0.717) is 28.7 Å². The van der Waals surface area contributed by atoms with E-state index >= 15 is 0 Å². The first-order chi connectivity index (χ1) is 14.4. The summed E-state index contributed by atoms with van der Waals surface area (Å²) in [5.41, 5.74) is 3.12. The smallest absolute Gasteiger partial charge is 0.300 e. The Kier molecular flexibility index (Phi) is 5.57. The maximum Gasteiger partial charge on any atom is 0.300 e. The van der Waals surface area contributed by atoms with E-state index in [1.807, 2.05) is 60.0 Å². The summed E-state index contributed by atoms with van der Waals surface area (Å²) < 4.78 is 3.51. The molecule has 0 aliphatic rings. The highest BCUT2D eigenvalue weighted by molar-refractivity contribution is 6.31. The average Bonchev–Trinajstić information content (AvgIpc) is 3.12. The highest BCUT2D eigenvalue weighted by Crippen LogP contribution is 2.26. The lowest BCUT2D eigenvalue weighted by Crippen LogP contribution is -2.21. The number of hydrogen-bond acceptors (Lipinski definition) is 5. The van der Waals surface area contributed by atoms with E-state index in [1.165, 1.54) is 0 Å². The Balaban J connectivity index is 1.89. The van der Waals surface area contributed by atoms with E-state index in [0.717, 1.165) is 16.8 Å². The molecule has 2 N–H and O–H groups in total. The maximum absolute atomic E-state index is 12.9. The largest absolute Gasteiger partial charge is 0.392 e. The summed E-state index contributed by atoms with van der Waals surface area (Å²) in [5, 5.41) is 13.7. The summed E-state index contributed by atoms with van der Waals surface area (Å²) in [5.74, 6) is 0.379. The number of aliphatic hydroxyl groups is 1. The molecule has 4 aromatic rings. The number of benzene rings is 2. The van der Waals surface area contributed by atoms with Crippen LogP contribution in [0.15, 0.2) is 59.7 Å². The van der Waals surface area contributed by atoms with Crippen LogP contribution < -0.4 is 10.9 Å². The van der Waals surface area contributed by atoms with Gasteiger partial charge in [-0.3, -0.25) is 9.36 Å². The van der Waals surface area contributed by atoms with Gasteiger partial charge in [0.05, 0.1) is 25.5 Å². The Morgan fingerprint density at radius 2 is 1.93 bits per heavy atom. The van der Waals surface area contributed by atoms with Crippen molar-refractivity contribution in [3.05, 3.63) is 81.4 Å². The van der Waals surface area contributed by atoms with Crippen LogP contribution >= 0.6 is 11.6 Å². The van der Waals surface area contributed by atoms with Gasteiger partial charge in [0.25, 0.3) is 0 Å². The molecule has 0 radical (unpaired) electrons. The maximum atomic E-state index is 12.9. The molecule has 4 rings (SSSR count). The number of aliphatic hydroxyl groups excluding tert-OH is 1. The molecule has 0 aliphatic carbocycles. The van der Waals surface area contributed by atoms with E-state index in [4.69, 9.17) is 11.6 Å². The fourth-order valence-electron chi connectivity index (χ4n) is 3.40. The fourth-order valence-corrected chi connectivity index (χ4v) is 3.57. The van der Waals surface area contributed by atoms with Crippen molar-refractivity contribution in [2.45, 2.75) is 33.0 Å². The Hall–Kier alpha value is -3.16. The summed E-state index contributed by atoms with van der Waals surface area (Å²) in [6, 6.07) is 15.4. The van der Waals surface area contributed by atoms with Crippen molar-refractivity contribution in [1.82, 2.24) is 19.1 Å². The Morgan fingerprint density at radius 3 is 2.67 bits per heavy atom. The van der Waals surface area contributed by atoms with Crippen LogP contribution in [-0.4, -0.2) is 30.3 Å². The van der Waals surface area contributed by atoms with E-state index in [2.05, 4.69) is 15.3 Å². The molecule has 0 saturated carbocycles. The van der Waals surface area contributed by atoms with E-state index in [9.17, 15) is 9.90 Å². The number of anilines is 2. The highest BCUT2D eigenvalue weighted by atomic mass is 35.5. The van der Waals surface area contributed by atoms with Crippen molar-refractivity contribution in [2.75, 3.05) is 5.32 Å². The van der Waals surface area contributed by atoms with Crippen LogP contribution in [0.3, 0.4) is 0 Å². The van der Waals surface area contributed by atoms with Crippen LogP contribution in [0.2, 0.25) is 5.02 Å². The second-order valence-corrected chi connectivity index (χ2v) is 7.68. The first kappa shape index (κ1) is 20.1. The molecule has 0 saturated heterocycles. The first-order valence-electron chi connectivity index (χ1n) is 9.64. The zero-order valence-electron chi connectivity index (χ0n) is 16.7. The van der Waals surface area contributed by atoms with Gasteiger partial charge in [-0.25, -0.2) is 4.98 Å². The molecular formula is C22H22ClN5O2. The van der Waals surface area contributed by atoms with Crippen molar-refractivity contribution in [3.8, 4) is 0 Å². The molecule has 0 fully saturated rings. The number of halogens is 1. The number of imidazole rings is 1. The lowest BCUT2D eigenvalue weighted by molar-refractivity contribution is 0.175. The van der Waals surface area contributed by atoms with Crippen LogP contribution in [0.25, 0.3) is 11.2 Å². The molecule has 0 aliphatic heterocycles. The first-order valence-corrected chi connectivity index (χ1v) is 10.0. The third-order valence-electron chi connectivity index (χ3n) is 4.90. The summed E-state index contributed by atoms with van der Waals surface area (Å²) in [7, 11) is 0. The van der Waals surface area contributed by atoms with Gasteiger partial charge in [0.1, 0.15) is 0 Å². The van der Waals surface area contributed by atoms with Gasteiger partial charge in [-0.2, -0.15) is 4.98 Å². The molecule has 1 atom stereocenters. The number of hydrogen-bond donors (Lipinski definition) is 2. The van der Waals surface area contributed by atoms with Crippen LogP contribution in [-0.2, 0) is 13.1 Å². The van der Waals surface area contributed by atoms with E-state index in [1.54, 1.807) is 17.8 Å². The normalized spacial score (nSPS) is 12.3. The highest BCUT2D eigenvalue weighted by Gasteiger charge is 2.18. The van der Waals surface area contributed by atoms with Gasteiger partial charge < -0.3 is 15.0 Å². The second-order valence-electron chi connectivity index (χ2n) is 7.27. The molecule has 0 spiro atoms. The van der Waals surface area contributed by atoms with Crippen molar-refractivity contribution in [2.24, 2.45) is 0 Å². The molecule has 0 bridgehead atoms. The predicted octanol–water partition coefficient (Wildman–Crippen LogP) is 3.73. The molecular weight excluding hydrogens is 402 g/mol. The number of nitrogens with one attached hydrogen (secondary N) is 1. The lowest BCUT2D eigenvalue weighted by Gasteiger charge is -2.17. The van der Waals surface area contributed by atoms with Gasteiger partial charge in [-0.1, -0.05) is 48.0 Å². The van der Waals surface area contributed by atoms with Crippen molar-refractivity contribution in [3.63, 3.8) is 0 Å². The van der Waals surface area contributed by atoms with Crippen LogP contribution in [0.4, 0.5) is 11.6 Å². The quantitative estimate of drug-likeness (QED) is 0.493. The van der Waals surface area contributed by atoms with Gasteiger partial charge in [0.2, 0.25) is 5.95 Å². The molecule has 0 amide bonds. The lowest BCUT2D eigenvalue weighted by atomic mass is 10.2. The van der Waals surface area contributed by atoms with Crippen LogP contribution in [0.1, 0.15) is 18.1 Å². The minimum Gasteiger partial charge on any atom is -0.392 e. The molecule has 2 aromatic carbocycles. The fraction of sp³-hybridized carbons (Fsp3) is 0.227. The minimum atomic E-state index is -0.615. The van der Waals surface area contributed by atoms with Gasteiger partial charge in [-0.15, -0.1) is 0 Å². The topological polar surface area (TPSA) is 85.0 Å². The zero-order chi connectivity index (χ0) is 21.3. The summed E-state index contributed by atoms with van der Waals surface area (Å²) >= 11 is 6.26.